The van der Waals surface area contributed by atoms with Gasteiger partial charge in [0.05, 0.1) is 23.9 Å². The normalized spacial score (nSPS) is 10.7. The number of nitrogens with one attached hydrogen (secondary N) is 1. The molecule has 2 aromatic heterocycles. The summed E-state index contributed by atoms with van der Waals surface area (Å²) in [5, 5.41) is 8.74. The lowest BCUT2D eigenvalue weighted by atomic mass is 10.0. The zero-order valence-electron chi connectivity index (χ0n) is 15.8. The topological polar surface area (TPSA) is 99.5 Å². The van der Waals surface area contributed by atoms with Crippen molar-refractivity contribution in [1.29, 1.82) is 0 Å². The van der Waals surface area contributed by atoms with Gasteiger partial charge in [0.25, 0.3) is 5.91 Å². The van der Waals surface area contributed by atoms with Crippen molar-refractivity contribution >= 4 is 34.2 Å². The van der Waals surface area contributed by atoms with Crippen LogP contribution in [0.15, 0.2) is 17.8 Å². The summed E-state index contributed by atoms with van der Waals surface area (Å²) in [6.45, 7) is 5.59. The maximum Gasteiger partial charge on any atom is 0.341 e. The average molecular weight is 393 g/mol. The van der Waals surface area contributed by atoms with Crippen LogP contribution >= 0.6 is 11.3 Å². The smallest absolute Gasteiger partial charge is 0.341 e. The van der Waals surface area contributed by atoms with Gasteiger partial charge in [0, 0.05) is 13.2 Å². The molecule has 0 bridgehead atoms. The van der Waals surface area contributed by atoms with Gasteiger partial charge in [0.1, 0.15) is 5.00 Å². The van der Waals surface area contributed by atoms with Gasteiger partial charge >= 0.3 is 11.9 Å². The Morgan fingerprint density at radius 3 is 2.59 bits per heavy atom. The highest BCUT2D eigenvalue weighted by Gasteiger charge is 2.22. The van der Waals surface area contributed by atoms with Crippen molar-refractivity contribution in [3.8, 4) is 0 Å². The van der Waals surface area contributed by atoms with Crippen LogP contribution < -0.4 is 5.32 Å². The predicted molar refractivity (Wildman–Crippen MR) is 101 cm³/mol. The molecule has 2 aromatic rings. The molecule has 0 saturated carbocycles. The summed E-state index contributed by atoms with van der Waals surface area (Å²) in [5.74, 6) is -1.31. The molecule has 0 atom stereocenters. The Morgan fingerprint density at radius 2 is 2.00 bits per heavy atom. The van der Waals surface area contributed by atoms with E-state index < -0.39 is 24.5 Å². The number of hydrogen-bond donors (Lipinski definition) is 1. The monoisotopic (exact) mass is 393 g/mol. The first-order valence-electron chi connectivity index (χ1n) is 8.54. The van der Waals surface area contributed by atoms with E-state index in [1.165, 1.54) is 28.4 Å². The summed E-state index contributed by atoms with van der Waals surface area (Å²) < 4.78 is 11.6. The van der Waals surface area contributed by atoms with Gasteiger partial charge in [-0.2, -0.15) is 5.10 Å². The summed E-state index contributed by atoms with van der Waals surface area (Å²) >= 11 is 1.25. The fourth-order valence-electron chi connectivity index (χ4n) is 2.41. The van der Waals surface area contributed by atoms with Gasteiger partial charge in [0.2, 0.25) is 0 Å². The zero-order valence-corrected chi connectivity index (χ0v) is 16.6. The van der Waals surface area contributed by atoms with E-state index >= 15 is 0 Å². The van der Waals surface area contributed by atoms with Gasteiger partial charge in [-0.1, -0.05) is 13.8 Å². The van der Waals surface area contributed by atoms with E-state index in [0.717, 1.165) is 5.56 Å². The molecule has 146 valence electrons. The third-order valence-corrected chi connectivity index (χ3v) is 4.45. The Kier molecular flexibility index (Phi) is 7.12. The van der Waals surface area contributed by atoms with Gasteiger partial charge in [-0.3, -0.25) is 9.48 Å². The van der Waals surface area contributed by atoms with Crippen molar-refractivity contribution in [2.75, 3.05) is 18.5 Å². The highest BCUT2D eigenvalue weighted by molar-refractivity contribution is 7.15. The summed E-state index contributed by atoms with van der Waals surface area (Å²) in [4.78, 5) is 36.3. The summed E-state index contributed by atoms with van der Waals surface area (Å²) in [7, 11) is 1.67. The zero-order chi connectivity index (χ0) is 20.0. The van der Waals surface area contributed by atoms with Crippen LogP contribution in [0.2, 0.25) is 0 Å². The minimum Gasteiger partial charge on any atom is -0.462 e. The van der Waals surface area contributed by atoms with Crippen molar-refractivity contribution in [2.45, 2.75) is 27.2 Å². The van der Waals surface area contributed by atoms with E-state index in [9.17, 15) is 14.4 Å². The molecule has 1 N–H and O–H groups in total. The Hall–Kier alpha value is -2.68. The molecule has 0 radical (unpaired) electrons. The van der Waals surface area contributed by atoms with Crippen molar-refractivity contribution in [3.63, 3.8) is 0 Å². The lowest BCUT2D eigenvalue weighted by molar-refractivity contribution is -0.119. The van der Waals surface area contributed by atoms with Crippen LogP contribution in [0.3, 0.4) is 0 Å². The summed E-state index contributed by atoms with van der Waals surface area (Å²) in [6.07, 6.45) is 3.55. The average Bonchev–Trinajstić information content (AvgIpc) is 3.19. The molecule has 8 nitrogen and oxygen atoms in total. The first-order valence-corrected chi connectivity index (χ1v) is 9.42. The second-order valence-corrected chi connectivity index (χ2v) is 7.19. The van der Waals surface area contributed by atoms with E-state index in [0.29, 0.717) is 22.9 Å². The number of aromatic nitrogens is 2. The number of hydrogen-bond acceptors (Lipinski definition) is 7. The van der Waals surface area contributed by atoms with Crippen LogP contribution in [0.5, 0.6) is 0 Å². The second kappa shape index (κ2) is 9.31. The largest absolute Gasteiger partial charge is 0.462 e. The van der Waals surface area contributed by atoms with E-state index in [-0.39, 0.29) is 12.2 Å². The highest BCUT2D eigenvalue weighted by Crippen LogP contribution is 2.30. The molecular formula is C18H23N3O5S. The van der Waals surface area contributed by atoms with Crippen molar-refractivity contribution in [1.82, 2.24) is 9.78 Å². The fraction of sp³-hybridized carbons (Fsp3) is 0.444. The Balaban J connectivity index is 2.04. The molecule has 0 spiro atoms. The number of aryl methyl sites for hydroxylation is 1. The summed E-state index contributed by atoms with van der Waals surface area (Å²) in [6, 6.07) is 0. The van der Waals surface area contributed by atoms with Crippen molar-refractivity contribution in [2.24, 2.45) is 13.0 Å². The minimum absolute atomic E-state index is 0.242. The lowest BCUT2D eigenvalue weighted by Crippen LogP contribution is -2.22. The number of ether oxygens (including phenoxy) is 2. The molecule has 0 aliphatic carbocycles. The first kappa shape index (κ1) is 20.6. The van der Waals surface area contributed by atoms with Gasteiger partial charge in [0.15, 0.2) is 6.61 Å². The number of anilines is 1. The van der Waals surface area contributed by atoms with Gasteiger partial charge in [-0.05, 0) is 30.2 Å². The molecule has 0 fully saturated rings. The highest BCUT2D eigenvalue weighted by atomic mass is 32.1. The number of carbonyl (C=O) groups excluding carboxylic acids is 3. The minimum atomic E-state index is -0.643. The fourth-order valence-corrected chi connectivity index (χ4v) is 3.39. The maximum absolute atomic E-state index is 12.3. The van der Waals surface area contributed by atoms with Crippen LogP contribution in [0.4, 0.5) is 5.00 Å². The van der Waals surface area contributed by atoms with Crippen molar-refractivity contribution < 1.29 is 23.9 Å². The molecule has 2 heterocycles. The van der Waals surface area contributed by atoms with Gasteiger partial charge in [-0.15, -0.1) is 11.3 Å². The molecule has 27 heavy (non-hydrogen) atoms. The maximum atomic E-state index is 12.3. The van der Waals surface area contributed by atoms with Gasteiger partial charge < -0.3 is 14.8 Å². The molecule has 2 rings (SSSR count). The molecule has 0 aliphatic rings. The van der Waals surface area contributed by atoms with Crippen LogP contribution in [0.25, 0.3) is 0 Å². The molecule has 1 amide bonds. The number of rotatable bonds is 8. The Morgan fingerprint density at radius 1 is 1.26 bits per heavy atom. The van der Waals surface area contributed by atoms with Crippen molar-refractivity contribution in [3.05, 3.63) is 34.5 Å². The lowest BCUT2D eigenvalue weighted by Gasteiger charge is -2.10. The van der Waals surface area contributed by atoms with E-state index in [1.54, 1.807) is 14.0 Å². The Bertz CT molecular complexity index is 825. The SMILES string of the molecule is CCOC(=O)c1c(CC(C)C)csc1NC(=O)COC(=O)c1cnn(C)c1. The first-order chi connectivity index (χ1) is 12.8. The summed E-state index contributed by atoms with van der Waals surface area (Å²) in [5.41, 5.74) is 1.45. The van der Waals surface area contributed by atoms with Crippen LogP contribution in [0.1, 0.15) is 47.1 Å². The molecular weight excluding hydrogens is 370 g/mol. The molecule has 0 saturated heterocycles. The van der Waals surface area contributed by atoms with Gasteiger partial charge in [-0.25, -0.2) is 9.59 Å². The van der Waals surface area contributed by atoms with Crippen LogP contribution in [-0.4, -0.2) is 40.8 Å². The van der Waals surface area contributed by atoms with E-state index in [1.807, 2.05) is 19.2 Å². The second-order valence-electron chi connectivity index (χ2n) is 6.31. The van der Waals surface area contributed by atoms with E-state index in [4.69, 9.17) is 9.47 Å². The molecule has 9 heteroatoms. The van der Waals surface area contributed by atoms with Crippen LogP contribution in [0, 0.1) is 5.92 Å². The third kappa shape index (κ3) is 5.65. The quantitative estimate of drug-likeness (QED) is 0.692. The molecule has 0 aliphatic heterocycles. The standard InChI is InChI=1S/C18H23N3O5S/c1-5-25-18(24)15-12(6-11(2)3)10-27-16(15)20-14(22)9-26-17(23)13-7-19-21(4)8-13/h7-8,10-11H,5-6,9H2,1-4H3,(H,20,22). The molecule has 0 unspecified atom stereocenters. The predicted octanol–water partition coefficient (Wildman–Crippen LogP) is 2.65. The van der Waals surface area contributed by atoms with E-state index in [2.05, 4.69) is 10.4 Å². The number of thiophene rings is 1. The number of carbonyl (C=O) groups is 3. The number of esters is 2. The third-order valence-electron chi connectivity index (χ3n) is 3.50. The molecule has 0 aromatic carbocycles. The number of amides is 1. The number of nitrogens with zero attached hydrogens (tertiary/aromatic N) is 2. The Labute approximate surface area is 161 Å². The van der Waals surface area contributed by atoms with Crippen LogP contribution in [-0.2, 0) is 27.7 Å².